The Morgan fingerprint density at radius 1 is 1.44 bits per heavy atom. The molecule has 2 N–H and O–H groups in total. The Kier molecular flexibility index (Phi) is 1.84. The van der Waals surface area contributed by atoms with Crippen LogP contribution in [0.25, 0.3) is 0 Å². The molecule has 5 heteroatoms. The summed E-state index contributed by atoms with van der Waals surface area (Å²) in [7, 11) is 0. The van der Waals surface area contributed by atoms with Crippen LogP contribution in [0.4, 0.5) is 9.83 Å². The average molecular weight is 145 g/mol. The fourth-order valence-corrected chi connectivity index (χ4v) is 0.551. The van der Waals surface area contributed by atoms with Crippen molar-refractivity contribution in [2.24, 2.45) is 0 Å². The van der Waals surface area contributed by atoms with Gasteiger partial charge in [-0.1, -0.05) is 0 Å². The maximum absolute atomic E-state index is 11.7. The summed E-state index contributed by atoms with van der Waals surface area (Å²) >= 11 is 0.0969. The summed E-state index contributed by atoms with van der Waals surface area (Å²) in [6.45, 7) is 0. The van der Waals surface area contributed by atoms with Crippen LogP contribution in [0, 0.1) is 0 Å². The lowest BCUT2D eigenvalue weighted by atomic mass is 10.7. The van der Waals surface area contributed by atoms with Crippen LogP contribution in [0.5, 0.6) is 0 Å². The third-order valence-electron chi connectivity index (χ3n) is 0.737. The lowest BCUT2D eigenvalue weighted by molar-refractivity contribution is 0.928. The molecule has 0 atom stereocenters. The Bertz CT molecular complexity index is 188. The monoisotopic (exact) mass is 145 g/mol. The number of nitrogens with two attached hydrogens (primary N) is 1. The molecule has 0 saturated carbocycles. The maximum atomic E-state index is 11.7. The zero-order chi connectivity index (χ0) is 6.69. The Labute approximate surface area is 55.8 Å². The van der Waals surface area contributed by atoms with Crippen molar-refractivity contribution in [2.45, 2.75) is 4.90 Å². The van der Waals surface area contributed by atoms with Gasteiger partial charge >= 0.3 is 0 Å². The van der Waals surface area contributed by atoms with Gasteiger partial charge in [0.25, 0.3) is 0 Å². The molecule has 0 radical (unpaired) electrons. The van der Waals surface area contributed by atoms with Crippen LogP contribution in [0.1, 0.15) is 0 Å². The highest BCUT2D eigenvalue weighted by Gasteiger charge is 1.91. The molecule has 9 heavy (non-hydrogen) atoms. The number of halogens is 1. The van der Waals surface area contributed by atoms with Gasteiger partial charge in [0.2, 0.25) is 5.95 Å². The molecule has 1 aromatic heterocycles. The molecule has 0 aliphatic rings. The molecule has 48 valence electrons. The molecular formula is C4H4FN3S. The van der Waals surface area contributed by atoms with E-state index < -0.39 is 0 Å². The van der Waals surface area contributed by atoms with E-state index in [4.69, 9.17) is 5.73 Å². The van der Waals surface area contributed by atoms with Crippen molar-refractivity contribution < 1.29 is 3.89 Å². The standard InChI is InChI=1S/C4H4FN3S/c5-9-3-1-7-4(6)8-2-3/h1-2H,(H2,6,7,8). The fraction of sp³-hybridized carbons (Fsp3) is 0. The van der Waals surface area contributed by atoms with E-state index >= 15 is 0 Å². The smallest absolute Gasteiger partial charge is 0.219 e. The van der Waals surface area contributed by atoms with E-state index in [1.807, 2.05) is 0 Å². The molecule has 1 heterocycles. The highest BCUT2D eigenvalue weighted by molar-refractivity contribution is 7.94. The summed E-state index contributed by atoms with van der Waals surface area (Å²) in [4.78, 5) is 7.48. The van der Waals surface area contributed by atoms with Gasteiger partial charge in [-0.3, -0.25) is 0 Å². The maximum Gasteiger partial charge on any atom is 0.219 e. The van der Waals surface area contributed by atoms with Crippen LogP contribution in [-0.2, 0) is 0 Å². The van der Waals surface area contributed by atoms with E-state index in [1.165, 1.54) is 12.4 Å². The van der Waals surface area contributed by atoms with Gasteiger partial charge in [0.15, 0.2) is 0 Å². The lowest BCUT2D eigenvalue weighted by Crippen LogP contribution is -1.92. The number of anilines is 1. The van der Waals surface area contributed by atoms with E-state index in [-0.39, 0.29) is 18.1 Å². The molecule has 0 amide bonds. The largest absolute Gasteiger partial charge is 0.368 e. The van der Waals surface area contributed by atoms with Crippen molar-refractivity contribution in [2.75, 3.05) is 5.73 Å². The zero-order valence-corrected chi connectivity index (χ0v) is 5.23. The second kappa shape index (κ2) is 2.63. The number of hydrogen-bond donors (Lipinski definition) is 1. The topological polar surface area (TPSA) is 51.8 Å². The molecule has 0 aliphatic heterocycles. The number of rotatable bonds is 1. The van der Waals surface area contributed by atoms with Crippen molar-refractivity contribution in [3.8, 4) is 0 Å². The number of nitrogen functional groups attached to an aromatic ring is 1. The minimum absolute atomic E-state index is 0.0969. The van der Waals surface area contributed by atoms with Gasteiger partial charge in [-0.2, -0.15) is 3.89 Å². The molecule has 0 unspecified atom stereocenters. The third-order valence-corrected chi connectivity index (χ3v) is 1.13. The molecule has 1 aromatic rings. The summed E-state index contributed by atoms with van der Waals surface area (Å²) in [5.41, 5.74) is 5.13. The Balaban J connectivity index is 2.88. The van der Waals surface area contributed by atoms with E-state index in [9.17, 15) is 3.89 Å². The summed E-state index contributed by atoms with van der Waals surface area (Å²) in [6, 6.07) is 0. The van der Waals surface area contributed by atoms with Crippen LogP contribution in [0.15, 0.2) is 17.3 Å². The third kappa shape index (κ3) is 1.53. The van der Waals surface area contributed by atoms with Gasteiger partial charge in [-0.15, -0.1) is 0 Å². The van der Waals surface area contributed by atoms with Crippen LogP contribution in [-0.4, -0.2) is 9.97 Å². The Morgan fingerprint density at radius 2 is 2.00 bits per heavy atom. The second-order valence-electron chi connectivity index (χ2n) is 1.35. The number of aromatic nitrogens is 2. The molecule has 0 bridgehead atoms. The van der Waals surface area contributed by atoms with Gasteiger partial charge in [0, 0.05) is 12.4 Å². The zero-order valence-electron chi connectivity index (χ0n) is 4.41. The Morgan fingerprint density at radius 3 is 2.44 bits per heavy atom. The predicted octanol–water partition coefficient (Wildman–Crippen LogP) is 1.04. The molecule has 1 rings (SSSR count). The van der Waals surface area contributed by atoms with Gasteiger partial charge in [-0.05, 0) is 0 Å². The first-order valence-corrected chi connectivity index (χ1v) is 2.90. The van der Waals surface area contributed by atoms with Crippen molar-refractivity contribution >= 4 is 18.1 Å². The summed E-state index contributed by atoms with van der Waals surface area (Å²) in [5.74, 6) is 0.160. The molecule has 0 spiro atoms. The minimum atomic E-state index is 0.0969. The normalized spacial score (nSPS) is 9.44. The quantitative estimate of drug-likeness (QED) is 0.641. The van der Waals surface area contributed by atoms with Gasteiger partial charge in [0.1, 0.15) is 0 Å². The van der Waals surface area contributed by atoms with Gasteiger partial charge in [0.05, 0.1) is 17.0 Å². The summed E-state index contributed by atoms with van der Waals surface area (Å²) < 4.78 is 11.7. The van der Waals surface area contributed by atoms with Gasteiger partial charge in [-0.25, -0.2) is 9.97 Å². The molecule has 0 fully saturated rings. The molecule has 0 aliphatic carbocycles. The van der Waals surface area contributed by atoms with Crippen LogP contribution < -0.4 is 5.73 Å². The Hall–Kier alpha value is -0.840. The average Bonchev–Trinajstić information content (AvgIpc) is 1.90. The van der Waals surface area contributed by atoms with Crippen molar-refractivity contribution in [3.63, 3.8) is 0 Å². The van der Waals surface area contributed by atoms with Crippen molar-refractivity contribution in [1.29, 1.82) is 0 Å². The summed E-state index contributed by atoms with van der Waals surface area (Å²) in [6.07, 6.45) is 2.65. The minimum Gasteiger partial charge on any atom is -0.368 e. The first-order valence-electron chi connectivity index (χ1n) is 2.19. The fourth-order valence-electron chi connectivity index (χ4n) is 0.366. The van der Waals surface area contributed by atoms with Crippen LogP contribution >= 0.6 is 12.1 Å². The summed E-state index contributed by atoms with van der Waals surface area (Å²) in [5, 5.41) is 0. The lowest BCUT2D eigenvalue weighted by Gasteiger charge is -1.89. The SMILES string of the molecule is Nc1ncc(SF)cn1. The van der Waals surface area contributed by atoms with Crippen LogP contribution in [0.2, 0.25) is 0 Å². The van der Waals surface area contributed by atoms with Gasteiger partial charge < -0.3 is 5.73 Å². The van der Waals surface area contributed by atoms with E-state index in [0.29, 0.717) is 4.90 Å². The molecule has 3 nitrogen and oxygen atoms in total. The second-order valence-corrected chi connectivity index (χ2v) is 1.98. The molecule has 0 saturated heterocycles. The van der Waals surface area contributed by atoms with E-state index in [2.05, 4.69) is 9.97 Å². The number of hydrogen-bond acceptors (Lipinski definition) is 4. The highest BCUT2D eigenvalue weighted by Crippen LogP contribution is 2.15. The first-order chi connectivity index (χ1) is 4.33. The van der Waals surface area contributed by atoms with Crippen molar-refractivity contribution in [3.05, 3.63) is 12.4 Å². The predicted molar refractivity (Wildman–Crippen MR) is 33.4 cm³/mol. The highest BCUT2D eigenvalue weighted by atomic mass is 32.2. The molecular weight excluding hydrogens is 141 g/mol. The van der Waals surface area contributed by atoms with E-state index in [0.717, 1.165) is 0 Å². The van der Waals surface area contributed by atoms with Crippen LogP contribution in [0.3, 0.4) is 0 Å². The van der Waals surface area contributed by atoms with Crippen molar-refractivity contribution in [1.82, 2.24) is 9.97 Å². The molecule has 0 aromatic carbocycles. The van der Waals surface area contributed by atoms with E-state index in [1.54, 1.807) is 0 Å². The number of nitrogens with zero attached hydrogens (tertiary/aromatic N) is 2. The first kappa shape index (κ1) is 6.28.